The highest BCUT2D eigenvalue weighted by Crippen LogP contribution is 2.34. The normalized spacial score (nSPS) is 11.7. The molecule has 0 spiro atoms. The molecule has 1 aromatic heterocycles. The van der Waals surface area contributed by atoms with Crippen molar-refractivity contribution in [2.75, 3.05) is 12.4 Å². The van der Waals surface area contributed by atoms with E-state index in [2.05, 4.69) is 5.32 Å². The number of Topliss-reactive ketones (excluding diaryl/α,β-unsaturated/α-hetero) is 1. The Hall–Kier alpha value is -2.38. The monoisotopic (exact) mass is 423 g/mol. The molecule has 1 aromatic carbocycles. The van der Waals surface area contributed by atoms with E-state index in [0.29, 0.717) is 21.2 Å². The summed E-state index contributed by atoms with van der Waals surface area (Å²) in [6.45, 7) is 8.36. The summed E-state index contributed by atoms with van der Waals surface area (Å²) >= 11 is 7.20. The molecule has 1 atom stereocenters. The molecule has 0 aliphatic heterocycles. The van der Waals surface area contributed by atoms with Gasteiger partial charge < -0.3 is 14.8 Å². The van der Waals surface area contributed by atoms with Gasteiger partial charge in [-0.1, -0.05) is 11.6 Å². The van der Waals surface area contributed by atoms with Gasteiger partial charge in [0.25, 0.3) is 5.91 Å². The highest BCUT2D eigenvalue weighted by atomic mass is 35.5. The average molecular weight is 424 g/mol. The first-order valence-electron chi connectivity index (χ1n) is 8.53. The zero-order chi connectivity index (χ0) is 21.2. The summed E-state index contributed by atoms with van der Waals surface area (Å²) in [7, 11) is 1.25. The molecule has 1 N–H and O–H groups in total. The van der Waals surface area contributed by atoms with Crippen LogP contribution in [0.25, 0.3) is 0 Å². The van der Waals surface area contributed by atoms with E-state index in [0.717, 1.165) is 22.5 Å². The average Bonchev–Trinajstić information content (AvgIpc) is 2.95. The standard InChI is InChI=1S/C20H22ClNO5S/c1-9-7-14(8-10(2)16(9)21)27-13(5)18(24)22-19-15(20(25)26-6)11(3)17(28-19)12(4)23/h7-8,13H,1-6H3,(H,22,24). The summed E-state index contributed by atoms with van der Waals surface area (Å²) in [5.74, 6) is -0.743. The molecule has 1 amide bonds. The summed E-state index contributed by atoms with van der Waals surface area (Å²) in [4.78, 5) is 36.9. The molecular formula is C20H22ClNO5S. The van der Waals surface area contributed by atoms with Gasteiger partial charge in [0.2, 0.25) is 0 Å². The quantitative estimate of drug-likeness (QED) is 0.536. The number of amides is 1. The summed E-state index contributed by atoms with van der Waals surface area (Å²) in [5.41, 5.74) is 2.35. The number of methoxy groups -OCH3 is 1. The van der Waals surface area contributed by atoms with Crippen molar-refractivity contribution >= 4 is 45.6 Å². The van der Waals surface area contributed by atoms with Crippen LogP contribution in [0, 0.1) is 20.8 Å². The van der Waals surface area contributed by atoms with Crippen LogP contribution in [0.4, 0.5) is 5.00 Å². The highest BCUT2D eigenvalue weighted by molar-refractivity contribution is 7.18. The third kappa shape index (κ3) is 4.54. The largest absolute Gasteiger partial charge is 0.481 e. The van der Waals surface area contributed by atoms with Crippen LogP contribution in [0.3, 0.4) is 0 Å². The fourth-order valence-corrected chi connectivity index (χ4v) is 3.93. The van der Waals surface area contributed by atoms with Crippen LogP contribution < -0.4 is 10.1 Å². The molecule has 0 fully saturated rings. The number of carbonyl (C=O) groups is 3. The van der Waals surface area contributed by atoms with Gasteiger partial charge in [-0.25, -0.2) is 4.79 Å². The number of ketones is 1. The maximum atomic E-state index is 12.6. The van der Waals surface area contributed by atoms with Gasteiger partial charge in [-0.3, -0.25) is 9.59 Å². The number of carbonyl (C=O) groups excluding carboxylic acids is 3. The minimum Gasteiger partial charge on any atom is -0.481 e. The second kappa shape index (κ2) is 8.75. The van der Waals surface area contributed by atoms with Crippen molar-refractivity contribution in [2.24, 2.45) is 0 Å². The maximum Gasteiger partial charge on any atom is 0.341 e. The molecule has 0 aliphatic rings. The predicted octanol–water partition coefficient (Wildman–Crippen LogP) is 4.72. The number of hydrogen-bond donors (Lipinski definition) is 1. The van der Waals surface area contributed by atoms with Crippen molar-refractivity contribution in [1.82, 2.24) is 0 Å². The van der Waals surface area contributed by atoms with Gasteiger partial charge in [0.15, 0.2) is 11.9 Å². The highest BCUT2D eigenvalue weighted by Gasteiger charge is 2.26. The van der Waals surface area contributed by atoms with Crippen molar-refractivity contribution in [2.45, 2.75) is 40.7 Å². The molecule has 28 heavy (non-hydrogen) atoms. The number of rotatable bonds is 6. The lowest BCUT2D eigenvalue weighted by Crippen LogP contribution is -2.30. The first kappa shape index (κ1) is 21.9. The second-order valence-corrected chi connectivity index (χ2v) is 7.83. The lowest BCUT2D eigenvalue weighted by Gasteiger charge is -2.16. The minimum absolute atomic E-state index is 0.177. The second-order valence-electron chi connectivity index (χ2n) is 6.43. The lowest BCUT2D eigenvalue weighted by atomic mass is 10.1. The van der Waals surface area contributed by atoms with Crippen LogP contribution in [-0.2, 0) is 9.53 Å². The molecule has 0 saturated carbocycles. The van der Waals surface area contributed by atoms with E-state index in [9.17, 15) is 14.4 Å². The Morgan fingerprint density at radius 3 is 2.21 bits per heavy atom. The molecule has 150 valence electrons. The first-order valence-corrected chi connectivity index (χ1v) is 9.73. The molecule has 0 radical (unpaired) electrons. The number of ether oxygens (including phenoxy) is 2. The van der Waals surface area contributed by atoms with Gasteiger partial charge >= 0.3 is 5.97 Å². The predicted molar refractivity (Wildman–Crippen MR) is 110 cm³/mol. The lowest BCUT2D eigenvalue weighted by molar-refractivity contribution is -0.122. The number of aryl methyl sites for hydroxylation is 2. The van der Waals surface area contributed by atoms with E-state index in [1.54, 1.807) is 26.0 Å². The zero-order valence-electron chi connectivity index (χ0n) is 16.6. The van der Waals surface area contributed by atoms with E-state index < -0.39 is 18.0 Å². The number of benzene rings is 1. The van der Waals surface area contributed by atoms with Crippen molar-refractivity contribution < 1.29 is 23.9 Å². The van der Waals surface area contributed by atoms with Crippen molar-refractivity contribution in [3.05, 3.63) is 44.3 Å². The summed E-state index contributed by atoms with van der Waals surface area (Å²) in [5, 5.41) is 3.59. The Morgan fingerprint density at radius 1 is 1.14 bits per heavy atom. The van der Waals surface area contributed by atoms with Crippen LogP contribution in [0.5, 0.6) is 5.75 Å². The first-order chi connectivity index (χ1) is 13.1. The molecule has 6 nitrogen and oxygen atoms in total. The van der Waals surface area contributed by atoms with Crippen LogP contribution in [0.1, 0.15) is 50.6 Å². The van der Waals surface area contributed by atoms with Crippen molar-refractivity contribution in [1.29, 1.82) is 0 Å². The molecular weight excluding hydrogens is 402 g/mol. The third-order valence-corrected chi connectivity index (χ3v) is 6.09. The van der Waals surface area contributed by atoms with E-state index in [1.807, 2.05) is 13.8 Å². The van der Waals surface area contributed by atoms with E-state index >= 15 is 0 Å². The van der Waals surface area contributed by atoms with Gasteiger partial charge in [-0.2, -0.15) is 0 Å². The van der Waals surface area contributed by atoms with Crippen LogP contribution in [-0.4, -0.2) is 30.9 Å². The Labute approximate surface area is 172 Å². The number of thiophene rings is 1. The third-order valence-electron chi connectivity index (χ3n) is 4.18. The molecule has 0 aliphatic carbocycles. The SMILES string of the molecule is COC(=O)c1c(NC(=O)C(C)Oc2cc(C)c(Cl)c(C)c2)sc(C(C)=O)c1C. The Bertz CT molecular complexity index is 927. The summed E-state index contributed by atoms with van der Waals surface area (Å²) in [6.07, 6.45) is -0.839. The van der Waals surface area contributed by atoms with Gasteiger partial charge in [-0.15, -0.1) is 11.3 Å². The number of nitrogens with one attached hydrogen (secondary N) is 1. The molecule has 1 unspecified atom stereocenters. The van der Waals surface area contributed by atoms with Crippen LogP contribution in [0.2, 0.25) is 5.02 Å². The fraction of sp³-hybridized carbons (Fsp3) is 0.350. The van der Waals surface area contributed by atoms with Gasteiger partial charge in [0.1, 0.15) is 10.8 Å². The molecule has 2 aromatic rings. The molecule has 0 saturated heterocycles. The van der Waals surface area contributed by atoms with Crippen molar-refractivity contribution in [3.8, 4) is 5.75 Å². The van der Waals surface area contributed by atoms with Gasteiger partial charge in [0.05, 0.1) is 17.6 Å². The number of anilines is 1. The topological polar surface area (TPSA) is 81.7 Å². The van der Waals surface area contributed by atoms with E-state index in [4.69, 9.17) is 21.1 Å². The van der Waals surface area contributed by atoms with E-state index in [-0.39, 0.29) is 16.3 Å². The van der Waals surface area contributed by atoms with Crippen molar-refractivity contribution in [3.63, 3.8) is 0 Å². The number of esters is 1. The number of halogens is 1. The number of hydrogen-bond acceptors (Lipinski definition) is 6. The molecule has 1 heterocycles. The van der Waals surface area contributed by atoms with Crippen LogP contribution >= 0.6 is 22.9 Å². The van der Waals surface area contributed by atoms with Crippen LogP contribution in [0.15, 0.2) is 12.1 Å². The summed E-state index contributed by atoms with van der Waals surface area (Å²) < 4.78 is 10.5. The molecule has 2 rings (SSSR count). The fourth-order valence-electron chi connectivity index (χ4n) is 2.73. The zero-order valence-corrected chi connectivity index (χ0v) is 18.1. The van der Waals surface area contributed by atoms with Gasteiger partial charge in [-0.05, 0) is 63.4 Å². The summed E-state index contributed by atoms with van der Waals surface area (Å²) in [6, 6.07) is 3.50. The Kier molecular flexibility index (Phi) is 6.85. The molecule has 8 heteroatoms. The van der Waals surface area contributed by atoms with E-state index in [1.165, 1.54) is 14.0 Å². The van der Waals surface area contributed by atoms with Gasteiger partial charge in [0, 0.05) is 5.02 Å². The smallest absolute Gasteiger partial charge is 0.341 e. The Morgan fingerprint density at radius 2 is 1.71 bits per heavy atom. The minimum atomic E-state index is -0.839. The Balaban J connectivity index is 2.25. The maximum absolute atomic E-state index is 12.6. The molecule has 0 bridgehead atoms.